The first-order valence-corrected chi connectivity index (χ1v) is 7.90. The second-order valence-electron chi connectivity index (χ2n) is 5.19. The van der Waals surface area contributed by atoms with E-state index in [0.717, 1.165) is 15.8 Å². The van der Waals surface area contributed by atoms with Crippen LogP contribution in [0.5, 0.6) is 5.75 Å². The lowest BCUT2D eigenvalue weighted by Gasteiger charge is -2.20. The van der Waals surface area contributed by atoms with Crippen LogP contribution in [0.3, 0.4) is 0 Å². The summed E-state index contributed by atoms with van der Waals surface area (Å²) in [6.07, 6.45) is 1.71. The number of methoxy groups -OCH3 is 1. The molecule has 3 rings (SSSR count). The van der Waals surface area contributed by atoms with Crippen molar-refractivity contribution in [1.82, 2.24) is 9.38 Å². The third kappa shape index (κ3) is 3.22. The predicted molar refractivity (Wildman–Crippen MR) is 94.3 cm³/mol. The summed E-state index contributed by atoms with van der Waals surface area (Å²) in [4.78, 5) is 18.7. The molecule has 0 amide bonds. The fourth-order valence-corrected chi connectivity index (χ4v) is 2.85. The van der Waals surface area contributed by atoms with E-state index in [1.54, 1.807) is 13.3 Å². The van der Waals surface area contributed by atoms with Crippen molar-refractivity contribution in [3.05, 3.63) is 69.1 Å². The van der Waals surface area contributed by atoms with Gasteiger partial charge in [0, 0.05) is 35.9 Å². The van der Waals surface area contributed by atoms with E-state index in [1.165, 1.54) is 10.5 Å². The fraction of sp³-hybridized carbons (Fsp3) is 0.176. The third-order valence-electron chi connectivity index (χ3n) is 3.60. The molecule has 0 spiro atoms. The molecule has 0 aliphatic carbocycles. The summed E-state index contributed by atoms with van der Waals surface area (Å²) in [5, 5.41) is 0. The SMILES string of the molecule is COc1ccc(Br)cc1CN(C)c1cc(=O)n2ccccc2n1. The molecule has 0 atom stereocenters. The lowest BCUT2D eigenvalue weighted by Crippen LogP contribution is -2.22. The van der Waals surface area contributed by atoms with E-state index in [-0.39, 0.29) is 5.56 Å². The maximum Gasteiger partial charge on any atom is 0.259 e. The molecule has 0 saturated carbocycles. The molecular formula is C17H16BrN3O2. The Morgan fingerprint density at radius 1 is 1.26 bits per heavy atom. The molecule has 23 heavy (non-hydrogen) atoms. The van der Waals surface area contributed by atoms with E-state index in [1.807, 2.05) is 48.3 Å². The van der Waals surface area contributed by atoms with Gasteiger partial charge in [0.2, 0.25) is 0 Å². The van der Waals surface area contributed by atoms with Gasteiger partial charge in [0.05, 0.1) is 7.11 Å². The molecule has 0 aliphatic heterocycles. The zero-order chi connectivity index (χ0) is 16.4. The van der Waals surface area contributed by atoms with Gasteiger partial charge in [-0.2, -0.15) is 0 Å². The minimum Gasteiger partial charge on any atom is -0.496 e. The van der Waals surface area contributed by atoms with Crippen LogP contribution in [0.1, 0.15) is 5.56 Å². The third-order valence-corrected chi connectivity index (χ3v) is 4.09. The van der Waals surface area contributed by atoms with E-state index in [9.17, 15) is 4.79 Å². The number of nitrogens with zero attached hydrogens (tertiary/aromatic N) is 3. The summed E-state index contributed by atoms with van der Waals surface area (Å²) in [6.45, 7) is 0.581. The summed E-state index contributed by atoms with van der Waals surface area (Å²) >= 11 is 3.47. The maximum atomic E-state index is 12.2. The maximum absolute atomic E-state index is 12.2. The first-order valence-electron chi connectivity index (χ1n) is 7.10. The van der Waals surface area contributed by atoms with Crippen LogP contribution in [0.25, 0.3) is 5.65 Å². The van der Waals surface area contributed by atoms with E-state index in [4.69, 9.17) is 4.74 Å². The Kier molecular flexibility index (Phi) is 4.34. The molecule has 0 saturated heterocycles. The van der Waals surface area contributed by atoms with Gasteiger partial charge >= 0.3 is 0 Å². The lowest BCUT2D eigenvalue weighted by atomic mass is 10.2. The van der Waals surface area contributed by atoms with Crippen LogP contribution in [-0.4, -0.2) is 23.5 Å². The smallest absolute Gasteiger partial charge is 0.259 e. The monoisotopic (exact) mass is 373 g/mol. The zero-order valence-corrected chi connectivity index (χ0v) is 14.4. The van der Waals surface area contributed by atoms with Crippen molar-refractivity contribution < 1.29 is 4.74 Å². The molecule has 0 aliphatic rings. The minimum absolute atomic E-state index is 0.0985. The number of halogens is 1. The number of ether oxygens (including phenoxy) is 1. The van der Waals surface area contributed by atoms with Crippen LogP contribution in [0.15, 0.2) is 57.9 Å². The van der Waals surface area contributed by atoms with Crippen molar-refractivity contribution in [2.75, 3.05) is 19.1 Å². The molecule has 0 fully saturated rings. The second-order valence-corrected chi connectivity index (χ2v) is 6.11. The number of fused-ring (bicyclic) bond motifs is 1. The summed E-state index contributed by atoms with van der Waals surface area (Å²) in [5.41, 5.74) is 1.54. The number of aromatic nitrogens is 2. The first kappa shape index (κ1) is 15.6. The topological polar surface area (TPSA) is 46.8 Å². The highest BCUT2D eigenvalue weighted by Crippen LogP contribution is 2.25. The highest BCUT2D eigenvalue weighted by atomic mass is 79.9. The molecule has 2 aromatic heterocycles. The predicted octanol–water partition coefficient (Wildman–Crippen LogP) is 3.10. The van der Waals surface area contributed by atoms with E-state index in [0.29, 0.717) is 18.0 Å². The fourth-order valence-electron chi connectivity index (χ4n) is 2.44. The molecule has 3 aromatic rings. The van der Waals surface area contributed by atoms with Crippen LogP contribution in [0.2, 0.25) is 0 Å². The van der Waals surface area contributed by atoms with Crippen LogP contribution in [0, 0.1) is 0 Å². The number of hydrogen-bond donors (Lipinski definition) is 0. The summed E-state index contributed by atoms with van der Waals surface area (Å²) < 4.78 is 7.90. The number of rotatable bonds is 4. The Bertz CT molecular complexity index is 908. The van der Waals surface area contributed by atoms with Crippen molar-refractivity contribution in [3.8, 4) is 5.75 Å². The Hall–Kier alpha value is -2.34. The molecule has 6 heteroatoms. The lowest BCUT2D eigenvalue weighted by molar-refractivity contribution is 0.409. The standard InChI is InChI=1S/C17H16BrN3O2/c1-20(11-12-9-13(18)6-7-14(12)23-2)16-10-17(22)21-8-4-3-5-15(21)19-16/h3-10H,11H2,1-2H3. The Morgan fingerprint density at radius 2 is 2.09 bits per heavy atom. The van der Waals surface area contributed by atoms with Gasteiger partial charge in [-0.15, -0.1) is 0 Å². The zero-order valence-electron chi connectivity index (χ0n) is 12.9. The molecule has 0 radical (unpaired) electrons. The van der Waals surface area contributed by atoms with Gasteiger partial charge in [0.1, 0.15) is 17.2 Å². The molecular weight excluding hydrogens is 358 g/mol. The quantitative estimate of drug-likeness (QED) is 0.704. The minimum atomic E-state index is -0.0985. The molecule has 0 unspecified atom stereocenters. The Labute approximate surface area is 142 Å². The highest BCUT2D eigenvalue weighted by molar-refractivity contribution is 9.10. The first-order chi connectivity index (χ1) is 11.1. The molecule has 5 nitrogen and oxygen atoms in total. The molecule has 0 bridgehead atoms. The van der Waals surface area contributed by atoms with Crippen molar-refractivity contribution >= 4 is 27.4 Å². The van der Waals surface area contributed by atoms with E-state index >= 15 is 0 Å². The number of benzene rings is 1. The van der Waals surface area contributed by atoms with Crippen molar-refractivity contribution in [3.63, 3.8) is 0 Å². The Balaban J connectivity index is 1.96. The van der Waals surface area contributed by atoms with Gasteiger partial charge in [-0.25, -0.2) is 4.98 Å². The van der Waals surface area contributed by atoms with Gasteiger partial charge in [0.15, 0.2) is 0 Å². The normalized spacial score (nSPS) is 10.7. The van der Waals surface area contributed by atoms with Crippen molar-refractivity contribution in [1.29, 1.82) is 0 Å². The van der Waals surface area contributed by atoms with Gasteiger partial charge in [0.25, 0.3) is 5.56 Å². The van der Waals surface area contributed by atoms with Gasteiger partial charge < -0.3 is 9.64 Å². The van der Waals surface area contributed by atoms with Crippen LogP contribution in [-0.2, 0) is 6.54 Å². The number of anilines is 1. The van der Waals surface area contributed by atoms with E-state index < -0.39 is 0 Å². The molecule has 1 aromatic carbocycles. The summed E-state index contributed by atoms with van der Waals surface area (Å²) in [7, 11) is 3.55. The Morgan fingerprint density at radius 3 is 2.87 bits per heavy atom. The van der Waals surface area contributed by atoms with Crippen molar-refractivity contribution in [2.45, 2.75) is 6.54 Å². The number of hydrogen-bond acceptors (Lipinski definition) is 4. The molecule has 118 valence electrons. The van der Waals surface area contributed by atoms with Gasteiger partial charge in [-0.1, -0.05) is 22.0 Å². The summed E-state index contributed by atoms with van der Waals surface area (Å²) in [5.74, 6) is 1.43. The average molecular weight is 374 g/mol. The second kappa shape index (κ2) is 6.42. The van der Waals surface area contributed by atoms with Crippen LogP contribution >= 0.6 is 15.9 Å². The highest BCUT2D eigenvalue weighted by Gasteiger charge is 2.11. The summed E-state index contributed by atoms with van der Waals surface area (Å²) in [6, 6.07) is 12.9. The van der Waals surface area contributed by atoms with Gasteiger partial charge in [-0.3, -0.25) is 9.20 Å². The molecule has 2 heterocycles. The number of pyridine rings is 1. The van der Waals surface area contributed by atoms with Crippen LogP contribution in [0.4, 0.5) is 5.82 Å². The largest absolute Gasteiger partial charge is 0.496 e. The van der Waals surface area contributed by atoms with Gasteiger partial charge in [-0.05, 0) is 30.3 Å². The van der Waals surface area contributed by atoms with Crippen molar-refractivity contribution in [2.24, 2.45) is 0 Å². The molecule has 0 N–H and O–H groups in total. The average Bonchev–Trinajstić information content (AvgIpc) is 2.55. The van der Waals surface area contributed by atoms with E-state index in [2.05, 4.69) is 20.9 Å². The van der Waals surface area contributed by atoms with Crippen LogP contribution < -0.4 is 15.2 Å².